The first-order valence-corrected chi connectivity index (χ1v) is 8.81. The fourth-order valence-corrected chi connectivity index (χ4v) is 3.74. The lowest BCUT2D eigenvalue weighted by Gasteiger charge is -2.38. The zero-order chi connectivity index (χ0) is 16.2. The molecule has 3 rings (SSSR count). The average molecular weight is 330 g/mol. The number of aromatic nitrogens is 2. The molecule has 0 spiro atoms. The van der Waals surface area contributed by atoms with Gasteiger partial charge in [-0.2, -0.15) is 0 Å². The maximum atomic E-state index is 12.5. The predicted octanol–water partition coefficient (Wildman–Crippen LogP) is 1.83. The molecule has 122 valence electrons. The van der Waals surface area contributed by atoms with Crippen molar-refractivity contribution in [2.24, 2.45) is 0 Å². The van der Waals surface area contributed by atoms with Gasteiger partial charge in [-0.05, 0) is 26.1 Å². The quantitative estimate of drug-likeness (QED) is 0.858. The molecule has 1 aliphatic rings. The van der Waals surface area contributed by atoms with E-state index in [1.165, 1.54) is 0 Å². The summed E-state index contributed by atoms with van der Waals surface area (Å²) >= 11 is 1.60. The topological polar surface area (TPSA) is 49.3 Å². The van der Waals surface area contributed by atoms with Crippen molar-refractivity contribution in [2.45, 2.75) is 25.8 Å². The monoisotopic (exact) mass is 330 g/mol. The van der Waals surface area contributed by atoms with E-state index in [1.54, 1.807) is 17.5 Å². The molecular formula is C17H22N4OS. The highest BCUT2D eigenvalue weighted by Gasteiger charge is 2.26. The van der Waals surface area contributed by atoms with E-state index in [4.69, 9.17) is 0 Å². The molecule has 0 radical (unpaired) electrons. The SMILES string of the molecule is C[C@@H]1CN(C)CCN1C(=O)Cc1csc(Cc2ccccn2)n1. The maximum Gasteiger partial charge on any atom is 0.228 e. The van der Waals surface area contributed by atoms with Crippen molar-refractivity contribution in [3.8, 4) is 0 Å². The second-order valence-corrected chi connectivity index (χ2v) is 7.05. The number of thiazole rings is 1. The summed E-state index contributed by atoms with van der Waals surface area (Å²) in [5, 5.41) is 3.01. The lowest BCUT2D eigenvalue weighted by Crippen LogP contribution is -2.53. The van der Waals surface area contributed by atoms with Crippen LogP contribution in [0.3, 0.4) is 0 Å². The van der Waals surface area contributed by atoms with E-state index in [2.05, 4.69) is 28.8 Å². The van der Waals surface area contributed by atoms with Crippen LogP contribution in [-0.2, 0) is 17.6 Å². The van der Waals surface area contributed by atoms with Crippen LogP contribution in [0.4, 0.5) is 0 Å². The van der Waals surface area contributed by atoms with Gasteiger partial charge >= 0.3 is 0 Å². The normalized spacial score (nSPS) is 19.0. The molecule has 1 saturated heterocycles. The number of rotatable bonds is 4. The summed E-state index contributed by atoms with van der Waals surface area (Å²) in [6.07, 6.45) is 2.92. The number of carbonyl (C=O) groups is 1. The first-order chi connectivity index (χ1) is 11.1. The van der Waals surface area contributed by atoms with Crippen molar-refractivity contribution in [3.63, 3.8) is 0 Å². The van der Waals surface area contributed by atoms with E-state index in [-0.39, 0.29) is 11.9 Å². The summed E-state index contributed by atoms with van der Waals surface area (Å²) in [6.45, 7) is 4.80. The van der Waals surface area contributed by atoms with Crippen molar-refractivity contribution in [2.75, 3.05) is 26.7 Å². The standard InChI is InChI=1S/C17H22N4OS/c1-13-11-20(2)7-8-21(13)17(22)10-15-12-23-16(19-15)9-14-5-3-4-6-18-14/h3-6,12-13H,7-11H2,1-2H3/t13-/m1/s1. The number of hydrogen-bond donors (Lipinski definition) is 0. The van der Waals surface area contributed by atoms with Crippen LogP contribution in [0.15, 0.2) is 29.8 Å². The highest BCUT2D eigenvalue weighted by atomic mass is 32.1. The first kappa shape index (κ1) is 16.1. The van der Waals surface area contributed by atoms with E-state index in [0.717, 1.165) is 42.5 Å². The van der Waals surface area contributed by atoms with Gasteiger partial charge in [-0.3, -0.25) is 9.78 Å². The minimum Gasteiger partial charge on any atom is -0.337 e. The summed E-state index contributed by atoms with van der Waals surface area (Å²) in [4.78, 5) is 25.7. The molecule has 1 fully saturated rings. The van der Waals surface area contributed by atoms with Crippen LogP contribution in [0.1, 0.15) is 23.3 Å². The number of amides is 1. The highest BCUT2D eigenvalue weighted by Crippen LogP contribution is 2.16. The van der Waals surface area contributed by atoms with E-state index in [1.807, 2.05) is 28.5 Å². The van der Waals surface area contributed by atoms with Crippen LogP contribution < -0.4 is 0 Å². The third kappa shape index (κ3) is 4.14. The Hall–Kier alpha value is -1.79. The van der Waals surface area contributed by atoms with Gasteiger partial charge < -0.3 is 9.80 Å². The Labute approximate surface area is 141 Å². The predicted molar refractivity (Wildman–Crippen MR) is 91.5 cm³/mol. The first-order valence-electron chi connectivity index (χ1n) is 7.93. The Morgan fingerprint density at radius 3 is 2.96 bits per heavy atom. The van der Waals surface area contributed by atoms with Crippen LogP contribution in [0, 0.1) is 0 Å². The lowest BCUT2D eigenvalue weighted by molar-refractivity contribution is -0.134. The molecule has 1 amide bonds. The molecule has 3 heterocycles. The van der Waals surface area contributed by atoms with Crippen LogP contribution in [0.2, 0.25) is 0 Å². The van der Waals surface area contributed by atoms with Gasteiger partial charge in [0.1, 0.15) is 0 Å². The fourth-order valence-electron chi connectivity index (χ4n) is 2.94. The molecule has 2 aromatic heterocycles. The summed E-state index contributed by atoms with van der Waals surface area (Å²) in [7, 11) is 2.10. The number of pyridine rings is 1. The van der Waals surface area contributed by atoms with Crippen LogP contribution in [-0.4, -0.2) is 58.4 Å². The zero-order valence-electron chi connectivity index (χ0n) is 13.6. The Morgan fingerprint density at radius 2 is 2.22 bits per heavy atom. The lowest BCUT2D eigenvalue weighted by atomic mass is 10.1. The molecule has 0 aromatic carbocycles. The van der Waals surface area contributed by atoms with Gasteiger partial charge in [0.2, 0.25) is 5.91 Å². The number of piperazine rings is 1. The third-order valence-corrected chi connectivity index (χ3v) is 5.04. The highest BCUT2D eigenvalue weighted by molar-refractivity contribution is 7.09. The molecule has 1 aliphatic heterocycles. The minimum absolute atomic E-state index is 0.181. The number of hydrogen-bond acceptors (Lipinski definition) is 5. The fraction of sp³-hybridized carbons (Fsp3) is 0.471. The van der Waals surface area contributed by atoms with Gasteiger partial charge in [-0.25, -0.2) is 4.98 Å². The van der Waals surface area contributed by atoms with Crippen molar-refractivity contribution in [1.82, 2.24) is 19.8 Å². The molecule has 23 heavy (non-hydrogen) atoms. The van der Waals surface area contributed by atoms with E-state index in [0.29, 0.717) is 6.42 Å². The summed E-state index contributed by atoms with van der Waals surface area (Å²) in [5.41, 5.74) is 1.88. The van der Waals surface area contributed by atoms with Crippen LogP contribution >= 0.6 is 11.3 Å². The van der Waals surface area contributed by atoms with Crippen molar-refractivity contribution < 1.29 is 4.79 Å². The molecule has 0 bridgehead atoms. The third-order valence-electron chi connectivity index (χ3n) is 4.14. The number of likely N-dealkylation sites (N-methyl/N-ethyl adjacent to an activating group) is 1. The smallest absolute Gasteiger partial charge is 0.228 e. The average Bonchev–Trinajstić information content (AvgIpc) is 2.95. The number of carbonyl (C=O) groups excluding carboxylic acids is 1. The van der Waals surface area contributed by atoms with Crippen LogP contribution in [0.25, 0.3) is 0 Å². The molecular weight excluding hydrogens is 308 g/mol. The maximum absolute atomic E-state index is 12.5. The van der Waals surface area contributed by atoms with E-state index in [9.17, 15) is 4.79 Å². The molecule has 0 unspecified atom stereocenters. The summed E-state index contributed by atoms with van der Waals surface area (Å²) < 4.78 is 0. The van der Waals surface area contributed by atoms with E-state index < -0.39 is 0 Å². The van der Waals surface area contributed by atoms with Crippen molar-refractivity contribution in [1.29, 1.82) is 0 Å². The second kappa shape index (κ2) is 7.19. The number of nitrogens with zero attached hydrogens (tertiary/aromatic N) is 4. The van der Waals surface area contributed by atoms with Crippen molar-refractivity contribution >= 4 is 17.2 Å². The minimum atomic E-state index is 0.181. The van der Waals surface area contributed by atoms with Gasteiger partial charge in [0.05, 0.1) is 17.1 Å². The molecule has 0 aliphatic carbocycles. The van der Waals surface area contributed by atoms with Gasteiger partial charge in [0, 0.05) is 49.4 Å². The Balaban J connectivity index is 1.59. The molecule has 0 N–H and O–H groups in total. The van der Waals surface area contributed by atoms with Gasteiger partial charge in [0.25, 0.3) is 0 Å². The van der Waals surface area contributed by atoms with Crippen LogP contribution in [0.5, 0.6) is 0 Å². The Kier molecular flexibility index (Phi) is 5.03. The molecule has 5 nitrogen and oxygen atoms in total. The molecule has 0 saturated carbocycles. The van der Waals surface area contributed by atoms with Crippen molar-refractivity contribution in [3.05, 3.63) is 46.2 Å². The summed E-state index contributed by atoms with van der Waals surface area (Å²) in [6, 6.07) is 6.16. The zero-order valence-corrected chi connectivity index (χ0v) is 14.4. The Morgan fingerprint density at radius 1 is 1.35 bits per heavy atom. The van der Waals surface area contributed by atoms with Gasteiger partial charge in [-0.1, -0.05) is 6.07 Å². The van der Waals surface area contributed by atoms with Gasteiger partial charge in [-0.15, -0.1) is 11.3 Å². The van der Waals surface area contributed by atoms with Gasteiger partial charge in [0.15, 0.2) is 0 Å². The molecule has 6 heteroatoms. The Bertz CT molecular complexity index is 658. The van der Waals surface area contributed by atoms with E-state index >= 15 is 0 Å². The largest absolute Gasteiger partial charge is 0.337 e. The summed E-state index contributed by atoms with van der Waals surface area (Å²) in [5.74, 6) is 0.181. The molecule has 1 atom stereocenters. The molecule has 2 aromatic rings. The second-order valence-electron chi connectivity index (χ2n) is 6.11.